The topological polar surface area (TPSA) is 0 Å². The number of allylic oxidation sites excluding steroid dienone is 1. The Balaban J connectivity index is 0.000000404. The summed E-state index contributed by atoms with van der Waals surface area (Å²) in [6.45, 7) is 0. The third kappa shape index (κ3) is 1.85. The first kappa shape index (κ1) is 10.5. The minimum atomic E-state index is 0.778. The number of hydrogen-bond donors (Lipinski definition) is 0. The van der Waals surface area contributed by atoms with Crippen LogP contribution in [0.2, 0.25) is 0 Å². The van der Waals surface area contributed by atoms with E-state index < -0.39 is 0 Å². The zero-order valence-corrected chi connectivity index (χ0v) is 11.5. The van der Waals surface area contributed by atoms with Gasteiger partial charge in [-0.25, -0.2) is 0 Å². The minimum absolute atomic E-state index is 0.778. The van der Waals surface area contributed by atoms with Crippen LogP contribution in [0, 0.1) is 0 Å². The van der Waals surface area contributed by atoms with Crippen molar-refractivity contribution in [2.45, 2.75) is 6.42 Å². The Bertz CT molecular complexity index is 498. The zero-order chi connectivity index (χ0) is 10.7. The SMILES string of the molecule is C1=Cc2cccc3cccc(c23)C1.[SiH3]Cl. The Kier molecular flexibility index (Phi) is 3.24. The largest absolute Gasteiger partial charge is 0.181 e. The van der Waals surface area contributed by atoms with Crippen molar-refractivity contribution in [2.75, 3.05) is 0 Å². The van der Waals surface area contributed by atoms with Gasteiger partial charge in [-0.15, -0.1) is 0 Å². The van der Waals surface area contributed by atoms with Gasteiger partial charge in [0.25, 0.3) is 0 Å². The van der Waals surface area contributed by atoms with Crippen molar-refractivity contribution >= 4 is 37.5 Å². The zero-order valence-electron chi connectivity index (χ0n) is 8.70. The van der Waals surface area contributed by atoms with Gasteiger partial charge in [0.1, 0.15) is 9.55 Å². The second-order valence-electron chi connectivity index (χ2n) is 3.47. The monoisotopic (exact) mass is 232 g/mol. The van der Waals surface area contributed by atoms with E-state index in [4.69, 9.17) is 11.1 Å². The highest BCUT2D eigenvalue weighted by Crippen LogP contribution is 2.27. The van der Waals surface area contributed by atoms with Crippen LogP contribution in [-0.4, -0.2) is 9.55 Å². The molecule has 3 rings (SSSR count). The van der Waals surface area contributed by atoms with Gasteiger partial charge in [0.05, 0.1) is 0 Å². The minimum Gasteiger partial charge on any atom is -0.181 e. The first-order valence-corrected chi connectivity index (χ1v) is 8.02. The molecule has 0 amide bonds. The second-order valence-corrected chi connectivity index (χ2v) is 3.47. The highest BCUT2D eigenvalue weighted by atomic mass is 35.6. The molecule has 2 heteroatoms. The van der Waals surface area contributed by atoms with Crippen molar-refractivity contribution in [1.29, 1.82) is 0 Å². The molecule has 76 valence electrons. The smallest absolute Gasteiger partial charge is 0.109 e. The van der Waals surface area contributed by atoms with Gasteiger partial charge in [0, 0.05) is 0 Å². The quantitative estimate of drug-likeness (QED) is 0.484. The Morgan fingerprint density at radius 2 is 1.73 bits per heavy atom. The first-order valence-electron chi connectivity index (χ1n) is 5.00. The van der Waals surface area contributed by atoms with Crippen LogP contribution in [0.15, 0.2) is 42.5 Å². The molecular formula is C13H13ClSi. The maximum absolute atomic E-state index is 4.78. The third-order valence-corrected chi connectivity index (χ3v) is 2.66. The molecule has 0 bridgehead atoms. The molecule has 0 aliphatic heterocycles. The van der Waals surface area contributed by atoms with Crippen LogP contribution in [0.4, 0.5) is 0 Å². The van der Waals surface area contributed by atoms with Crippen LogP contribution >= 0.6 is 11.1 Å². The molecule has 0 atom stereocenters. The van der Waals surface area contributed by atoms with Crippen molar-refractivity contribution < 1.29 is 0 Å². The van der Waals surface area contributed by atoms with Gasteiger partial charge >= 0.3 is 0 Å². The number of hydrogen-bond acceptors (Lipinski definition) is 0. The fourth-order valence-corrected chi connectivity index (χ4v) is 2.07. The Morgan fingerprint density at radius 1 is 1.00 bits per heavy atom. The van der Waals surface area contributed by atoms with Gasteiger partial charge in [-0.2, -0.15) is 11.1 Å². The van der Waals surface area contributed by atoms with Crippen molar-refractivity contribution in [2.24, 2.45) is 0 Å². The Labute approximate surface area is 97.7 Å². The number of halogens is 1. The average Bonchev–Trinajstić information content (AvgIpc) is 2.33. The van der Waals surface area contributed by atoms with E-state index in [2.05, 4.69) is 48.6 Å². The summed E-state index contributed by atoms with van der Waals surface area (Å²) in [6.07, 6.45) is 5.53. The fraction of sp³-hybridized carbons (Fsp3) is 0.0769. The molecule has 0 unspecified atom stereocenters. The van der Waals surface area contributed by atoms with Crippen LogP contribution in [0.25, 0.3) is 16.8 Å². The molecule has 0 radical (unpaired) electrons. The molecule has 15 heavy (non-hydrogen) atoms. The second kappa shape index (κ2) is 4.64. The standard InChI is InChI=1S/C13H10.ClH3Si/c1-4-10-6-2-8-12-9-3-7-11(5-1)13(10)12;1-2/h1-8H,9H2;2H3. The predicted molar refractivity (Wildman–Crippen MR) is 72.5 cm³/mol. The predicted octanol–water partition coefficient (Wildman–Crippen LogP) is 2.91. The number of rotatable bonds is 0. The summed E-state index contributed by atoms with van der Waals surface area (Å²) < 4.78 is 0. The van der Waals surface area contributed by atoms with E-state index in [0.29, 0.717) is 0 Å². The Hall–Kier alpha value is -1.05. The van der Waals surface area contributed by atoms with Crippen molar-refractivity contribution in [3.8, 4) is 0 Å². The van der Waals surface area contributed by atoms with E-state index in [1.165, 1.54) is 21.9 Å². The van der Waals surface area contributed by atoms with E-state index in [9.17, 15) is 0 Å². The fourth-order valence-electron chi connectivity index (χ4n) is 2.07. The Morgan fingerprint density at radius 3 is 2.53 bits per heavy atom. The number of benzene rings is 2. The lowest BCUT2D eigenvalue weighted by atomic mass is 9.93. The molecule has 0 heterocycles. The summed E-state index contributed by atoms with van der Waals surface area (Å²) in [6, 6.07) is 13.0. The summed E-state index contributed by atoms with van der Waals surface area (Å²) in [5.74, 6) is 0. The van der Waals surface area contributed by atoms with Crippen molar-refractivity contribution in [1.82, 2.24) is 0 Å². The molecule has 2 aromatic rings. The molecule has 0 N–H and O–H groups in total. The van der Waals surface area contributed by atoms with Gasteiger partial charge in [0.2, 0.25) is 0 Å². The normalized spacial score (nSPS) is 12.3. The van der Waals surface area contributed by atoms with Gasteiger partial charge in [-0.05, 0) is 28.3 Å². The van der Waals surface area contributed by atoms with Crippen LogP contribution in [0.3, 0.4) is 0 Å². The molecule has 0 spiro atoms. The average molecular weight is 233 g/mol. The van der Waals surface area contributed by atoms with Crippen LogP contribution in [0.5, 0.6) is 0 Å². The van der Waals surface area contributed by atoms with Crippen LogP contribution in [-0.2, 0) is 6.42 Å². The van der Waals surface area contributed by atoms with E-state index in [1.54, 1.807) is 0 Å². The van der Waals surface area contributed by atoms with Crippen LogP contribution < -0.4 is 0 Å². The van der Waals surface area contributed by atoms with Gasteiger partial charge in [-0.3, -0.25) is 0 Å². The maximum atomic E-state index is 4.78. The van der Waals surface area contributed by atoms with Crippen molar-refractivity contribution in [3.05, 3.63) is 53.6 Å². The summed E-state index contributed by atoms with van der Waals surface area (Å²) in [4.78, 5) is 0. The lowest BCUT2D eigenvalue weighted by molar-refractivity contribution is 1.29. The maximum Gasteiger partial charge on any atom is 0.109 e. The summed E-state index contributed by atoms with van der Waals surface area (Å²) >= 11 is 4.78. The molecule has 0 fully saturated rings. The highest BCUT2D eigenvalue weighted by Gasteiger charge is 2.06. The lowest BCUT2D eigenvalue weighted by Crippen LogP contribution is -1.91. The van der Waals surface area contributed by atoms with E-state index in [1.807, 2.05) is 0 Å². The molecule has 1 aliphatic rings. The first-order chi connectivity index (χ1) is 7.45. The molecule has 1 aliphatic carbocycles. The molecule has 0 saturated carbocycles. The molecule has 0 aromatic heterocycles. The highest BCUT2D eigenvalue weighted by molar-refractivity contribution is 6.80. The lowest BCUT2D eigenvalue weighted by Gasteiger charge is -2.11. The van der Waals surface area contributed by atoms with E-state index in [-0.39, 0.29) is 0 Å². The van der Waals surface area contributed by atoms with Gasteiger partial charge < -0.3 is 0 Å². The van der Waals surface area contributed by atoms with Crippen LogP contribution in [0.1, 0.15) is 11.1 Å². The summed E-state index contributed by atoms with van der Waals surface area (Å²) in [5.41, 5.74) is 2.81. The summed E-state index contributed by atoms with van der Waals surface area (Å²) in [7, 11) is 0.778. The van der Waals surface area contributed by atoms with Gasteiger partial charge in [0.15, 0.2) is 0 Å². The molecule has 0 nitrogen and oxygen atoms in total. The van der Waals surface area contributed by atoms with Crippen molar-refractivity contribution in [3.63, 3.8) is 0 Å². The van der Waals surface area contributed by atoms with E-state index >= 15 is 0 Å². The molecule has 0 saturated heterocycles. The van der Waals surface area contributed by atoms with E-state index in [0.717, 1.165) is 16.0 Å². The molecular weight excluding hydrogens is 220 g/mol. The third-order valence-electron chi connectivity index (χ3n) is 2.66. The summed E-state index contributed by atoms with van der Waals surface area (Å²) in [5, 5.41) is 2.80. The van der Waals surface area contributed by atoms with Gasteiger partial charge in [-0.1, -0.05) is 48.6 Å². The molecule has 2 aromatic carbocycles.